The molecule has 0 spiro atoms. The van der Waals surface area contributed by atoms with Crippen molar-refractivity contribution in [3.63, 3.8) is 0 Å². The summed E-state index contributed by atoms with van der Waals surface area (Å²) < 4.78 is 5.13. The number of methoxy groups -OCH3 is 1. The zero-order chi connectivity index (χ0) is 18.4. The minimum Gasteiger partial charge on any atom is -0.480 e. The number of nitrogens with one attached hydrogen (secondary N) is 2. The van der Waals surface area contributed by atoms with Gasteiger partial charge < -0.3 is 20.3 Å². The van der Waals surface area contributed by atoms with Crippen molar-refractivity contribution in [1.82, 2.24) is 15.2 Å². The molecule has 7 heteroatoms. The first-order chi connectivity index (χ1) is 12.7. The lowest BCUT2D eigenvalue weighted by atomic mass is 10.0. The van der Waals surface area contributed by atoms with Crippen molar-refractivity contribution < 1.29 is 14.3 Å². The molecule has 3 rings (SSSR count). The second kappa shape index (κ2) is 8.33. The van der Waals surface area contributed by atoms with E-state index >= 15 is 0 Å². The molecule has 0 aliphatic carbocycles. The van der Waals surface area contributed by atoms with Crippen LogP contribution in [0.3, 0.4) is 0 Å². The summed E-state index contributed by atoms with van der Waals surface area (Å²) in [6.45, 7) is 1.18. The Hall–Kier alpha value is -3.09. The van der Waals surface area contributed by atoms with Gasteiger partial charge in [0, 0.05) is 31.0 Å². The van der Waals surface area contributed by atoms with Gasteiger partial charge >= 0.3 is 6.03 Å². The molecule has 0 unspecified atom stereocenters. The Morgan fingerprint density at radius 2 is 1.85 bits per heavy atom. The van der Waals surface area contributed by atoms with Crippen molar-refractivity contribution in [1.29, 1.82) is 0 Å². The maximum Gasteiger partial charge on any atom is 0.321 e. The number of nitrogens with zero attached hydrogens (tertiary/aromatic N) is 2. The van der Waals surface area contributed by atoms with E-state index in [1.807, 2.05) is 30.3 Å². The lowest BCUT2D eigenvalue weighted by Crippen LogP contribution is -2.47. The Labute approximate surface area is 152 Å². The molecule has 0 bridgehead atoms. The van der Waals surface area contributed by atoms with E-state index in [-0.39, 0.29) is 18.0 Å². The Balaban J connectivity index is 1.50. The van der Waals surface area contributed by atoms with E-state index in [1.54, 1.807) is 23.2 Å². The minimum atomic E-state index is -0.206. The first-order valence-electron chi connectivity index (χ1n) is 8.58. The summed E-state index contributed by atoms with van der Waals surface area (Å²) in [6, 6.07) is 12.7. The third-order valence-corrected chi connectivity index (χ3v) is 4.35. The monoisotopic (exact) mass is 354 g/mol. The molecular formula is C19H22N4O3. The number of rotatable bonds is 4. The molecule has 7 nitrogen and oxygen atoms in total. The van der Waals surface area contributed by atoms with Gasteiger partial charge in [-0.2, -0.15) is 0 Å². The van der Waals surface area contributed by atoms with Crippen LogP contribution in [0.1, 0.15) is 23.2 Å². The Kier molecular flexibility index (Phi) is 5.68. The summed E-state index contributed by atoms with van der Waals surface area (Å²) in [5, 5.41) is 5.88. The fourth-order valence-corrected chi connectivity index (χ4v) is 2.94. The fourth-order valence-electron chi connectivity index (χ4n) is 2.94. The third-order valence-electron chi connectivity index (χ3n) is 4.35. The molecule has 2 N–H and O–H groups in total. The molecule has 1 aliphatic heterocycles. The van der Waals surface area contributed by atoms with Gasteiger partial charge in [-0.1, -0.05) is 18.2 Å². The molecule has 136 valence electrons. The topological polar surface area (TPSA) is 83.6 Å². The van der Waals surface area contributed by atoms with Crippen LogP contribution >= 0.6 is 0 Å². The van der Waals surface area contributed by atoms with Crippen molar-refractivity contribution in [3.8, 4) is 5.88 Å². The van der Waals surface area contributed by atoms with Crippen LogP contribution in [0.25, 0.3) is 0 Å². The maximum absolute atomic E-state index is 12.4. The molecule has 2 aromatic rings. The zero-order valence-corrected chi connectivity index (χ0v) is 14.6. The van der Waals surface area contributed by atoms with Gasteiger partial charge in [-0.3, -0.25) is 4.79 Å². The summed E-state index contributed by atoms with van der Waals surface area (Å²) in [4.78, 5) is 30.5. The summed E-state index contributed by atoms with van der Waals surface area (Å²) in [6.07, 6.45) is 2.99. The summed E-state index contributed by atoms with van der Waals surface area (Å²) in [5.74, 6) is 0.104. The van der Waals surface area contributed by atoms with Crippen LogP contribution in [-0.2, 0) is 0 Å². The molecule has 1 aromatic carbocycles. The SMILES string of the molecule is COc1ncccc1C(=O)NC1CCN(C(=O)Nc2ccccc2)CC1. The van der Waals surface area contributed by atoms with Crippen molar-refractivity contribution in [2.24, 2.45) is 0 Å². The number of carbonyl (C=O) groups excluding carboxylic acids is 2. The number of piperidine rings is 1. The molecule has 3 amide bonds. The van der Waals surface area contributed by atoms with E-state index in [2.05, 4.69) is 15.6 Å². The minimum absolute atomic E-state index is 0.0215. The van der Waals surface area contributed by atoms with Gasteiger partial charge in [-0.25, -0.2) is 9.78 Å². The Bertz CT molecular complexity index is 758. The highest BCUT2D eigenvalue weighted by atomic mass is 16.5. The van der Waals surface area contributed by atoms with E-state index in [0.29, 0.717) is 37.4 Å². The number of likely N-dealkylation sites (tertiary alicyclic amines) is 1. The van der Waals surface area contributed by atoms with Gasteiger partial charge in [0.05, 0.1) is 7.11 Å². The lowest BCUT2D eigenvalue weighted by molar-refractivity contribution is 0.0915. The summed E-state index contributed by atoms with van der Waals surface area (Å²) in [7, 11) is 1.49. The normalized spacial score (nSPS) is 14.6. The van der Waals surface area contributed by atoms with E-state index in [9.17, 15) is 9.59 Å². The van der Waals surface area contributed by atoms with Crippen LogP contribution in [-0.4, -0.2) is 48.1 Å². The highest BCUT2D eigenvalue weighted by Crippen LogP contribution is 2.17. The molecule has 2 heterocycles. The predicted octanol–water partition coefficient (Wildman–Crippen LogP) is 2.52. The standard InChI is InChI=1S/C19H22N4O3/c1-26-18-16(8-5-11-20-18)17(24)21-15-9-12-23(13-10-15)19(25)22-14-6-3-2-4-7-14/h2-8,11,15H,9-10,12-13H2,1H3,(H,21,24)(H,22,25). The number of hydrogen-bond acceptors (Lipinski definition) is 4. The van der Waals surface area contributed by atoms with Crippen LogP contribution in [0.2, 0.25) is 0 Å². The van der Waals surface area contributed by atoms with E-state index in [0.717, 1.165) is 5.69 Å². The van der Waals surface area contributed by atoms with Gasteiger partial charge in [0.1, 0.15) is 5.56 Å². The second-order valence-corrected chi connectivity index (χ2v) is 6.09. The van der Waals surface area contributed by atoms with Crippen molar-refractivity contribution in [3.05, 3.63) is 54.2 Å². The molecule has 26 heavy (non-hydrogen) atoms. The number of ether oxygens (including phenoxy) is 1. The molecule has 1 aliphatic rings. The van der Waals surface area contributed by atoms with Gasteiger partial charge in [-0.05, 0) is 37.1 Å². The number of para-hydroxylation sites is 1. The number of carbonyl (C=O) groups is 2. The highest BCUT2D eigenvalue weighted by molar-refractivity contribution is 5.96. The van der Waals surface area contributed by atoms with Crippen LogP contribution in [0.15, 0.2) is 48.7 Å². The molecule has 0 radical (unpaired) electrons. The number of urea groups is 1. The Morgan fingerprint density at radius 1 is 1.12 bits per heavy atom. The van der Waals surface area contributed by atoms with Gasteiger partial charge in [-0.15, -0.1) is 0 Å². The third kappa shape index (κ3) is 4.30. The van der Waals surface area contributed by atoms with Crippen LogP contribution in [0.4, 0.5) is 10.5 Å². The first kappa shape index (κ1) is 17.7. The van der Waals surface area contributed by atoms with Gasteiger partial charge in [0.2, 0.25) is 5.88 Å². The van der Waals surface area contributed by atoms with Gasteiger partial charge in [0.25, 0.3) is 5.91 Å². The summed E-state index contributed by atoms with van der Waals surface area (Å²) in [5.41, 5.74) is 1.19. The highest BCUT2D eigenvalue weighted by Gasteiger charge is 2.25. The van der Waals surface area contributed by atoms with Crippen molar-refractivity contribution >= 4 is 17.6 Å². The molecule has 1 aromatic heterocycles. The number of pyridine rings is 1. The number of hydrogen-bond donors (Lipinski definition) is 2. The smallest absolute Gasteiger partial charge is 0.321 e. The Morgan fingerprint density at radius 3 is 2.54 bits per heavy atom. The van der Waals surface area contributed by atoms with E-state index in [4.69, 9.17) is 4.74 Å². The average Bonchev–Trinajstić information content (AvgIpc) is 2.69. The van der Waals surface area contributed by atoms with Crippen LogP contribution < -0.4 is 15.4 Å². The number of amides is 3. The number of benzene rings is 1. The molecule has 0 saturated carbocycles. The van der Waals surface area contributed by atoms with Gasteiger partial charge in [0.15, 0.2) is 0 Å². The fraction of sp³-hybridized carbons (Fsp3) is 0.316. The number of aromatic nitrogens is 1. The van der Waals surface area contributed by atoms with E-state index < -0.39 is 0 Å². The van der Waals surface area contributed by atoms with Crippen molar-refractivity contribution in [2.45, 2.75) is 18.9 Å². The average molecular weight is 354 g/mol. The zero-order valence-electron chi connectivity index (χ0n) is 14.6. The molecule has 0 atom stereocenters. The van der Waals surface area contributed by atoms with Crippen LogP contribution in [0.5, 0.6) is 5.88 Å². The molecule has 1 saturated heterocycles. The number of anilines is 1. The predicted molar refractivity (Wildman–Crippen MR) is 98.3 cm³/mol. The summed E-state index contributed by atoms with van der Waals surface area (Å²) >= 11 is 0. The largest absolute Gasteiger partial charge is 0.480 e. The van der Waals surface area contributed by atoms with E-state index in [1.165, 1.54) is 7.11 Å². The van der Waals surface area contributed by atoms with Crippen molar-refractivity contribution in [2.75, 3.05) is 25.5 Å². The second-order valence-electron chi connectivity index (χ2n) is 6.09. The maximum atomic E-state index is 12.4. The quantitative estimate of drug-likeness (QED) is 0.884. The van der Waals surface area contributed by atoms with Crippen LogP contribution in [0, 0.1) is 0 Å². The first-order valence-corrected chi connectivity index (χ1v) is 8.58. The molecule has 1 fully saturated rings. The molecular weight excluding hydrogens is 332 g/mol. The lowest BCUT2D eigenvalue weighted by Gasteiger charge is -2.32.